The number of hydrogen-bond acceptors (Lipinski definition) is 5. The highest BCUT2D eigenvalue weighted by Crippen LogP contribution is 2.49. The molecule has 2 aliphatic carbocycles. The Balaban J connectivity index is 1.64. The van der Waals surface area contributed by atoms with Crippen LogP contribution in [0.15, 0.2) is 36.0 Å². The molecule has 182 valence electrons. The van der Waals surface area contributed by atoms with Crippen molar-refractivity contribution in [2.45, 2.75) is 83.7 Å². The van der Waals surface area contributed by atoms with Gasteiger partial charge in [0.25, 0.3) is 0 Å². The van der Waals surface area contributed by atoms with Crippen molar-refractivity contribution in [3.63, 3.8) is 0 Å². The highest BCUT2D eigenvalue weighted by atomic mass is 16.7. The molecule has 2 fully saturated rings. The molecule has 0 aromatic heterocycles. The minimum absolute atomic E-state index is 0.0990. The van der Waals surface area contributed by atoms with Gasteiger partial charge in [0.05, 0.1) is 19.3 Å². The summed E-state index contributed by atoms with van der Waals surface area (Å²) in [6.07, 6.45) is 17.2. The highest BCUT2D eigenvalue weighted by molar-refractivity contribution is 5.69. The number of aliphatic hydroxyl groups excluding tert-OH is 1. The van der Waals surface area contributed by atoms with Crippen LogP contribution in [-0.2, 0) is 19.0 Å². The van der Waals surface area contributed by atoms with E-state index >= 15 is 0 Å². The number of carbonyl (C=O) groups is 1. The van der Waals surface area contributed by atoms with Gasteiger partial charge in [-0.3, -0.25) is 4.79 Å². The van der Waals surface area contributed by atoms with Crippen molar-refractivity contribution in [2.24, 2.45) is 23.7 Å². The third kappa shape index (κ3) is 7.57. The van der Waals surface area contributed by atoms with Crippen LogP contribution in [0, 0.1) is 35.5 Å². The fourth-order valence-electron chi connectivity index (χ4n) is 5.16. The predicted octanol–water partition coefficient (Wildman–Crippen LogP) is 4.96. The van der Waals surface area contributed by atoms with E-state index in [9.17, 15) is 9.90 Å². The lowest BCUT2D eigenvalue weighted by atomic mass is 9.88. The number of fused-ring (bicyclic) bond motifs is 1. The van der Waals surface area contributed by atoms with Gasteiger partial charge < -0.3 is 19.3 Å². The minimum Gasteiger partial charge on any atom is -0.469 e. The van der Waals surface area contributed by atoms with Gasteiger partial charge >= 0.3 is 5.97 Å². The first kappa shape index (κ1) is 25.7. The summed E-state index contributed by atoms with van der Waals surface area (Å²) >= 11 is 0. The van der Waals surface area contributed by atoms with Crippen LogP contribution in [0.4, 0.5) is 0 Å². The average molecular weight is 457 g/mol. The molecule has 3 unspecified atom stereocenters. The number of rotatable bonds is 10. The molecule has 3 aliphatic rings. The molecule has 0 spiro atoms. The van der Waals surface area contributed by atoms with Crippen molar-refractivity contribution in [3.8, 4) is 11.8 Å². The van der Waals surface area contributed by atoms with Crippen molar-refractivity contribution in [1.82, 2.24) is 0 Å². The Bertz CT molecular complexity index is 780. The van der Waals surface area contributed by atoms with Gasteiger partial charge in [0.15, 0.2) is 6.29 Å². The normalized spacial score (nSPS) is 31.2. The second kappa shape index (κ2) is 13.1. The number of carbonyl (C=O) groups excluding carboxylic acids is 1. The third-order valence-electron chi connectivity index (χ3n) is 7.13. The van der Waals surface area contributed by atoms with Crippen molar-refractivity contribution in [2.75, 3.05) is 13.7 Å². The van der Waals surface area contributed by atoms with Crippen LogP contribution in [0.2, 0.25) is 0 Å². The molecule has 1 N–H and O–H groups in total. The van der Waals surface area contributed by atoms with Gasteiger partial charge in [-0.15, -0.1) is 11.8 Å². The molecule has 5 nitrogen and oxygen atoms in total. The maximum atomic E-state index is 11.3. The molecule has 0 aromatic rings. The summed E-state index contributed by atoms with van der Waals surface area (Å²) in [5, 5.41) is 10.6. The average Bonchev–Trinajstić information content (AvgIpc) is 3.36. The maximum Gasteiger partial charge on any atom is 0.305 e. The molecule has 1 heterocycles. The molecular formula is C28H40O5. The SMILES string of the molecule is CC#CCC(C)C(O)/C=C\[C@H]1[C@H]2CC(C=CCCC(=O)OC)=C[C@@H]2C[C@H]1OC1CCCCO1. The first-order chi connectivity index (χ1) is 16.0. The largest absolute Gasteiger partial charge is 0.469 e. The number of hydrogen-bond donors (Lipinski definition) is 1. The molecular weight excluding hydrogens is 416 g/mol. The standard InChI is InChI=1S/C28H40O5/c1-4-5-10-20(2)25(29)15-14-23-24-18-21(11-6-7-12-27(30)31-3)17-22(24)19-26(23)33-28-13-8-9-16-32-28/h6,11,14-15,17,20,22-26,28-29H,7-10,12-13,16,18-19H2,1-3H3/b11-6?,15-14-/t20?,22-,23+,24+,25?,26-,28?/m1/s1. The lowest BCUT2D eigenvalue weighted by Gasteiger charge is -2.29. The fraction of sp³-hybridized carbons (Fsp3) is 0.679. The van der Waals surface area contributed by atoms with E-state index in [1.54, 1.807) is 0 Å². The van der Waals surface area contributed by atoms with Crippen LogP contribution in [0.5, 0.6) is 0 Å². The summed E-state index contributed by atoms with van der Waals surface area (Å²) in [7, 11) is 1.42. The van der Waals surface area contributed by atoms with Crippen LogP contribution in [-0.4, -0.2) is 43.3 Å². The third-order valence-corrected chi connectivity index (χ3v) is 7.13. The Kier molecular flexibility index (Phi) is 10.2. The predicted molar refractivity (Wildman–Crippen MR) is 129 cm³/mol. The summed E-state index contributed by atoms with van der Waals surface area (Å²) in [6.45, 7) is 4.65. The summed E-state index contributed by atoms with van der Waals surface area (Å²) in [6, 6.07) is 0. The number of ether oxygens (including phenoxy) is 3. The van der Waals surface area contributed by atoms with Gasteiger partial charge in [-0.2, -0.15) is 0 Å². The van der Waals surface area contributed by atoms with Gasteiger partial charge in [-0.05, 0) is 63.2 Å². The monoisotopic (exact) mass is 456 g/mol. The van der Waals surface area contributed by atoms with E-state index in [0.717, 1.165) is 38.7 Å². The Morgan fingerprint density at radius 1 is 1.39 bits per heavy atom. The summed E-state index contributed by atoms with van der Waals surface area (Å²) < 4.78 is 17.0. The highest BCUT2D eigenvalue weighted by Gasteiger charge is 2.45. The van der Waals surface area contributed by atoms with Crippen molar-refractivity contribution in [1.29, 1.82) is 0 Å². The van der Waals surface area contributed by atoms with Crippen molar-refractivity contribution >= 4 is 5.97 Å². The quantitative estimate of drug-likeness (QED) is 0.286. The van der Waals surface area contributed by atoms with Gasteiger partial charge in [0, 0.05) is 25.4 Å². The smallest absolute Gasteiger partial charge is 0.305 e. The van der Waals surface area contributed by atoms with Gasteiger partial charge in [0.2, 0.25) is 0 Å². The van der Waals surface area contributed by atoms with E-state index in [4.69, 9.17) is 14.2 Å². The van der Waals surface area contributed by atoms with Gasteiger partial charge in [-0.1, -0.05) is 42.9 Å². The van der Waals surface area contributed by atoms with E-state index in [2.05, 4.69) is 36.1 Å². The fourth-order valence-corrected chi connectivity index (χ4v) is 5.16. The van der Waals surface area contributed by atoms with Crippen molar-refractivity contribution in [3.05, 3.63) is 36.0 Å². The maximum absolute atomic E-state index is 11.3. The zero-order valence-electron chi connectivity index (χ0n) is 20.4. The van der Waals surface area contributed by atoms with E-state index in [1.807, 2.05) is 19.9 Å². The Morgan fingerprint density at radius 3 is 2.97 bits per heavy atom. The second-order valence-corrected chi connectivity index (χ2v) is 9.56. The number of allylic oxidation sites excluding steroid dienone is 4. The van der Waals surface area contributed by atoms with Crippen LogP contribution >= 0.6 is 0 Å². The number of esters is 1. The molecule has 0 aromatic carbocycles. The lowest BCUT2D eigenvalue weighted by Crippen LogP contribution is -2.31. The summed E-state index contributed by atoms with van der Waals surface area (Å²) in [4.78, 5) is 11.3. The Morgan fingerprint density at radius 2 is 2.24 bits per heavy atom. The van der Waals surface area contributed by atoms with Crippen LogP contribution in [0.3, 0.4) is 0 Å². The zero-order chi connectivity index (χ0) is 23.6. The molecule has 33 heavy (non-hydrogen) atoms. The molecule has 0 radical (unpaired) electrons. The van der Waals surface area contributed by atoms with E-state index < -0.39 is 6.10 Å². The van der Waals surface area contributed by atoms with E-state index in [1.165, 1.54) is 12.7 Å². The molecule has 5 heteroatoms. The number of methoxy groups -OCH3 is 1. The lowest BCUT2D eigenvalue weighted by molar-refractivity contribution is -0.192. The van der Waals surface area contributed by atoms with E-state index in [-0.39, 0.29) is 30.2 Å². The number of aliphatic hydroxyl groups is 1. The zero-order valence-corrected chi connectivity index (χ0v) is 20.4. The van der Waals surface area contributed by atoms with E-state index in [0.29, 0.717) is 31.1 Å². The Hall–Kier alpha value is -1.87. The minimum atomic E-state index is -0.511. The van der Waals surface area contributed by atoms with Crippen molar-refractivity contribution < 1.29 is 24.1 Å². The first-order valence-corrected chi connectivity index (χ1v) is 12.5. The molecule has 3 rings (SSSR count). The molecule has 0 amide bonds. The van der Waals surface area contributed by atoms with Crippen LogP contribution in [0.1, 0.15) is 65.2 Å². The second-order valence-electron chi connectivity index (χ2n) is 9.56. The molecule has 1 saturated heterocycles. The van der Waals surface area contributed by atoms with Gasteiger partial charge in [-0.25, -0.2) is 0 Å². The summed E-state index contributed by atoms with van der Waals surface area (Å²) in [5.74, 6) is 7.08. The van der Waals surface area contributed by atoms with Crippen LogP contribution in [0.25, 0.3) is 0 Å². The molecule has 7 atom stereocenters. The molecule has 1 saturated carbocycles. The Labute approximate surface area is 199 Å². The van der Waals surface area contributed by atoms with Gasteiger partial charge in [0.1, 0.15) is 0 Å². The first-order valence-electron chi connectivity index (χ1n) is 12.5. The van der Waals surface area contributed by atoms with Crippen LogP contribution < -0.4 is 0 Å². The summed E-state index contributed by atoms with van der Waals surface area (Å²) in [5.41, 5.74) is 1.33. The molecule has 1 aliphatic heterocycles. The molecule has 0 bridgehead atoms. The topological polar surface area (TPSA) is 65.0 Å².